The summed E-state index contributed by atoms with van der Waals surface area (Å²) >= 11 is 0. The summed E-state index contributed by atoms with van der Waals surface area (Å²) < 4.78 is 1.81. The smallest absolute Gasteiger partial charge is 0.225 e. The Labute approximate surface area is 174 Å². The molecule has 0 bridgehead atoms. The molecular weight excluding hydrogens is 360 g/mol. The lowest BCUT2D eigenvalue weighted by Crippen LogP contribution is -2.47. The molecule has 2 fully saturated rings. The molecule has 1 amide bonds. The van der Waals surface area contributed by atoms with Crippen LogP contribution < -0.4 is 10.6 Å². The van der Waals surface area contributed by atoms with E-state index in [-0.39, 0.29) is 28.6 Å². The predicted molar refractivity (Wildman–Crippen MR) is 116 cm³/mol. The van der Waals surface area contributed by atoms with Gasteiger partial charge in [0.1, 0.15) is 0 Å². The highest BCUT2D eigenvalue weighted by molar-refractivity contribution is 5.80. The van der Waals surface area contributed by atoms with Gasteiger partial charge in [-0.05, 0) is 34.9 Å². The molecule has 2 aromatic rings. The van der Waals surface area contributed by atoms with Gasteiger partial charge >= 0.3 is 0 Å². The van der Waals surface area contributed by atoms with Crippen LogP contribution in [0.5, 0.6) is 0 Å². The van der Waals surface area contributed by atoms with Crippen LogP contribution in [-0.4, -0.2) is 35.3 Å². The van der Waals surface area contributed by atoms with Crippen LogP contribution in [0.3, 0.4) is 0 Å². The van der Waals surface area contributed by atoms with Crippen LogP contribution in [0.25, 0.3) is 0 Å². The number of aromatic nitrogens is 2. The number of nitrogens with one attached hydrogen (secondary N) is 2. The molecule has 1 aliphatic heterocycles. The van der Waals surface area contributed by atoms with Gasteiger partial charge in [0.25, 0.3) is 0 Å². The van der Waals surface area contributed by atoms with Gasteiger partial charge in [-0.3, -0.25) is 9.48 Å². The van der Waals surface area contributed by atoms with Crippen molar-refractivity contribution in [1.82, 2.24) is 20.4 Å². The van der Waals surface area contributed by atoms with E-state index in [0.29, 0.717) is 0 Å². The Bertz CT molecular complexity index is 858. The minimum atomic E-state index is -0.0282. The molecule has 5 nitrogen and oxygen atoms in total. The third-order valence-corrected chi connectivity index (χ3v) is 6.98. The first-order valence-corrected chi connectivity index (χ1v) is 10.9. The first-order valence-electron chi connectivity index (χ1n) is 10.9. The van der Waals surface area contributed by atoms with E-state index in [1.165, 1.54) is 17.5 Å². The molecule has 2 N–H and O–H groups in total. The molecule has 4 rings (SSSR count). The van der Waals surface area contributed by atoms with Gasteiger partial charge in [0.05, 0.1) is 12.1 Å². The molecule has 1 aromatic heterocycles. The van der Waals surface area contributed by atoms with Gasteiger partial charge in [-0.1, -0.05) is 51.5 Å². The van der Waals surface area contributed by atoms with E-state index in [1.807, 2.05) is 24.1 Å². The lowest BCUT2D eigenvalue weighted by molar-refractivity contribution is -0.125. The van der Waals surface area contributed by atoms with Crippen molar-refractivity contribution in [1.29, 1.82) is 0 Å². The largest absolute Gasteiger partial charge is 0.355 e. The Balaban J connectivity index is 1.43. The van der Waals surface area contributed by atoms with Crippen LogP contribution in [0.1, 0.15) is 62.6 Å². The highest BCUT2D eigenvalue weighted by Gasteiger charge is 2.41. The Morgan fingerprint density at radius 2 is 1.97 bits per heavy atom. The predicted octanol–water partition coefficient (Wildman–Crippen LogP) is 3.26. The van der Waals surface area contributed by atoms with Crippen molar-refractivity contribution in [2.75, 3.05) is 19.6 Å². The second-order valence-electron chi connectivity index (χ2n) is 10.00. The Hall–Kier alpha value is -2.14. The number of hydrogen-bond donors (Lipinski definition) is 2. The number of benzene rings is 1. The van der Waals surface area contributed by atoms with Crippen LogP contribution in [0, 0.1) is 5.92 Å². The van der Waals surface area contributed by atoms with E-state index in [4.69, 9.17) is 0 Å². The molecule has 0 unspecified atom stereocenters. The fraction of sp³-hybridized carbons (Fsp3) is 0.583. The quantitative estimate of drug-likeness (QED) is 0.818. The Morgan fingerprint density at radius 1 is 1.24 bits per heavy atom. The maximum atomic E-state index is 13.1. The number of nitrogens with zero attached hydrogens (tertiary/aromatic N) is 2. The second-order valence-corrected chi connectivity index (χ2v) is 10.00. The van der Waals surface area contributed by atoms with Crippen LogP contribution in [0.4, 0.5) is 0 Å². The Kier molecular flexibility index (Phi) is 5.28. The zero-order chi connectivity index (χ0) is 20.6. The topological polar surface area (TPSA) is 59.0 Å². The summed E-state index contributed by atoms with van der Waals surface area (Å²) in [7, 11) is 1.92. The van der Waals surface area contributed by atoms with Crippen LogP contribution in [0.2, 0.25) is 0 Å². The molecule has 29 heavy (non-hydrogen) atoms. The molecule has 0 radical (unpaired) electrons. The summed E-state index contributed by atoms with van der Waals surface area (Å²) in [6, 6.07) is 9.08. The van der Waals surface area contributed by atoms with Crippen molar-refractivity contribution in [3.8, 4) is 0 Å². The summed E-state index contributed by atoms with van der Waals surface area (Å²) in [6.45, 7) is 9.04. The SMILES string of the molecule is Cn1cc([C@H]2CNC[C@@H]2C(=O)NCC2(c3ccc(C(C)(C)C)cc3)CCC2)cn1. The average molecular weight is 395 g/mol. The fourth-order valence-electron chi connectivity index (χ4n) is 4.82. The number of carbonyl (C=O) groups is 1. The highest BCUT2D eigenvalue weighted by Crippen LogP contribution is 2.44. The summed E-state index contributed by atoms with van der Waals surface area (Å²) in [5.41, 5.74) is 4.13. The van der Waals surface area contributed by atoms with Gasteiger partial charge in [0, 0.05) is 44.2 Å². The van der Waals surface area contributed by atoms with Crippen molar-refractivity contribution in [3.05, 3.63) is 53.3 Å². The summed E-state index contributed by atoms with van der Waals surface area (Å²) in [5.74, 6) is 0.341. The molecule has 0 spiro atoms. The fourth-order valence-corrected chi connectivity index (χ4v) is 4.82. The van der Waals surface area contributed by atoms with Gasteiger partial charge in [0.15, 0.2) is 0 Å². The van der Waals surface area contributed by atoms with Crippen molar-refractivity contribution in [3.63, 3.8) is 0 Å². The first-order chi connectivity index (χ1) is 13.8. The van der Waals surface area contributed by atoms with E-state index in [0.717, 1.165) is 38.0 Å². The zero-order valence-electron chi connectivity index (χ0n) is 18.2. The van der Waals surface area contributed by atoms with Gasteiger partial charge < -0.3 is 10.6 Å². The van der Waals surface area contributed by atoms with E-state index in [2.05, 4.69) is 60.8 Å². The number of rotatable bonds is 5. The lowest BCUT2D eigenvalue weighted by atomic mass is 9.64. The Morgan fingerprint density at radius 3 is 2.52 bits per heavy atom. The van der Waals surface area contributed by atoms with Crippen molar-refractivity contribution in [2.45, 2.75) is 56.8 Å². The minimum Gasteiger partial charge on any atom is -0.355 e. The molecule has 2 heterocycles. The molecule has 2 aliphatic rings. The molecule has 1 aromatic carbocycles. The third-order valence-electron chi connectivity index (χ3n) is 6.98. The maximum Gasteiger partial charge on any atom is 0.225 e. The van der Waals surface area contributed by atoms with E-state index in [1.54, 1.807) is 0 Å². The molecular formula is C24H34N4O. The maximum absolute atomic E-state index is 13.1. The molecule has 1 saturated heterocycles. The van der Waals surface area contributed by atoms with Crippen LogP contribution in [0.15, 0.2) is 36.7 Å². The number of amides is 1. The summed E-state index contributed by atoms with van der Waals surface area (Å²) in [6.07, 6.45) is 7.46. The van der Waals surface area contributed by atoms with Gasteiger partial charge in [-0.25, -0.2) is 0 Å². The second kappa shape index (κ2) is 7.60. The molecule has 1 aliphatic carbocycles. The third kappa shape index (κ3) is 3.97. The van der Waals surface area contributed by atoms with Crippen molar-refractivity contribution in [2.24, 2.45) is 13.0 Å². The monoisotopic (exact) mass is 394 g/mol. The normalized spacial score (nSPS) is 23.6. The summed E-state index contributed by atoms with van der Waals surface area (Å²) in [4.78, 5) is 13.1. The van der Waals surface area contributed by atoms with Gasteiger partial charge in [-0.2, -0.15) is 5.10 Å². The number of carbonyl (C=O) groups excluding carboxylic acids is 1. The van der Waals surface area contributed by atoms with E-state index >= 15 is 0 Å². The van der Waals surface area contributed by atoms with Crippen LogP contribution >= 0.6 is 0 Å². The first kappa shape index (κ1) is 20.1. The van der Waals surface area contributed by atoms with Crippen molar-refractivity contribution >= 4 is 5.91 Å². The summed E-state index contributed by atoms with van der Waals surface area (Å²) in [5, 5.41) is 11.0. The molecule has 5 heteroatoms. The zero-order valence-corrected chi connectivity index (χ0v) is 18.2. The van der Waals surface area contributed by atoms with Crippen LogP contribution in [-0.2, 0) is 22.7 Å². The average Bonchev–Trinajstić information content (AvgIpc) is 3.29. The minimum absolute atomic E-state index is 0.0282. The molecule has 2 atom stereocenters. The molecule has 1 saturated carbocycles. The molecule has 156 valence electrons. The number of aryl methyl sites for hydroxylation is 1. The van der Waals surface area contributed by atoms with Gasteiger partial charge in [-0.15, -0.1) is 0 Å². The number of hydrogen-bond acceptors (Lipinski definition) is 3. The van der Waals surface area contributed by atoms with Gasteiger partial charge in [0.2, 0.25) is 5.91 Å². The highest BCUT2D eigenvalue weighted by atomic mass is 16.1. The lowest BCUT2D eigenvalue weighted by Gasteiger charge is -2.43. The van der Waals surface area contributed by atoms with E-state index in [9.17, 15) is 4.79 Å². The van der Waals surface area contributed by atoms with E-state index < -0.39 is 0 Å². The standard InChI is InChI=1S/C24H34N4O/c1-23(2,3)18-6-8-19(9-7-18)24(10-5-11-24)16-26-22(29)21-14-25-13-20(21)17-12-27-28(4)15-17/h6-9,12,15,20-21,25H,5,10-11,13-14,16H2,1-4H3,(H,26,29)/t20-,21+/m1/s1. The van der Waals surface area contributed by atoms with Crippen molar-refractivity contribution < 1.29 is 4.79 Å².